The van der Waals surface area contributed by atoms with Crippen LogP contribution in [0.2, 0.25) is 0 Å². The molecule has 0 saturated carbocycles. The van der Waals surface area contributed by atoms with Crippen molar-refractivity contribution in [2.45, 2.75) is 38.5 Å². The number of carbonyl (C=O) groups is 1. The van der Waals surface area contributed by atoms with Crippen LogP contribution in [0.3, 0.4) is 0 Å². The fourth-order valence-electron chi connectivity index (χ4n) is 4.06. The number of benzene rings is 1. The highest BCUT2D eigenvalue weighted by Crippen LogP contribution is 2.25. The average molecular weight is 435 g/mol. The quantitative estimate of drug-likeness (QED) is 0.614. The lowest BCUT2D eigenvalue weighted by Crippen LogP contribution is -2.39. The summed E-state index contributed by atoms with van der Waals surface area (Å²) < 4.78 is 13.3. The third kappa shape index (κ3) is 5.43. The monoisotopic (exact) mass is 434 g/mol. The molecule has 3 aromatic rings. The lowest BCUT2D eigenvalue weighted by atomic mass is 9.96. The van der Waals surface area contributed by atoms with Crippen LogP contribution in [0.1, 0.15) is 48.5 Å². The maximum absolute atomic E-state index is 13.3. The van der Waals surface area contributed by atoms with Gasteiger partial charge in [-0.3, -0.25) is 14.8 Å². The highest BCUT2D eigenvalue weighted by atomic mass is 19.1. The van der Waals surface area contributed by atoms with Crippen molar-refractivity contribution in [2.24, 2.45) is 11.7 Å². The van der Waals surface area contributed by atoms with Gasteiger partial charge in [0.15, 0.2) is 0 Å². The number of anilines is 1. The molecular formula is C24H27FN6O. The lowest BCUT2D eigenvalue weighted by molar-refractivity contribution is -0.122. The minimum Gasteiger partial charge on any atom is -0.369 e. The molecule has 0 aliphatic carbocycles. The molecule has 166 valence electrons. The summed E-state index contributed by atoms with van der Waals surface area (Å²) in [5.74, 6) is 1.16. The maximum Gasteiger partial charge on any atom is 0.220 e. The predicted molar refractivity (Wildman–Crippen MR) is 120 cm³/mol. The van der Waals surface area contributed by atoms with Gasteiger partial charge in [0.25, 0.3) is 0 Å². The van der Waals surface area contributed by atoms with Crippen LogP contribution in [0.5, 0.6) is 0 Å². The standard InChI is InChI=1S/C24H27FN6O/c1-16(17-2-4-19(25)5-3-17)12-22-29-20(13-21-15-27-8-9-28-21)14-23(30-22)31-10-6-18(7-11-31)24(26)32/h2-5,8-9,14-16,18H,6-7,10-13H2,1H3,(H2,26,32)/t16-/m1/s1. The molecule has 1 fully saturated rings. The summed E-state index contributed by atoms with van der Waals surface area (Å²) in [6, 6.07) is 8.56. The van der Waals surface area contributed by atoms with Gasteiger partial charge in [0, 0.05) is 56.5 Å². The number of carbonyl (C=O) groups excluding carboxylic acids is 1. The van der Waals surface area contributed by atoms with Gasteiger partial charge in [-0.25, -0.2) is 14.4 Å². The first-order valence-electron chi connectivity index (χ1n) is 10.9. The molecule has 1 amide bonds. The second-order valence-corrected chi connectivity index (χ2v) is 8.33. The Balaban J connectivity index is 1.58. The molecule has 2 aromatic heterocycles. The Labute approximate surface area is 186 Å². The number of nitrogens with zero attached hydrogens (tertiary/aromatic N) is 5. The van der Waals surface area contributed by atoms with Crippen LogP contribution in [-0.2, 0) is 17.6 Å². The zero-order valence-electron chi connectivity index (χ0n) is 18.1. The number of hydrogen-bond donors (Lipinski definition) is 1. The minimum absolute atomic E-state index is 0.0786. The predicted octanol–water partition coefficient (Wildman–Crippen LogP) is 3.04. The van der Waals surface area contributed by atoms with Gasteiger partial charge in [-0.2, -0.15) is 0 Å². The van der Waals surface area contributed by atoms with Crippen LogP contribution in [0, 0.1) is 11.7 Å². The summed E-state index contributed by atoms with van der Waals surface area (Å²) in [4.78, 5) is 31.9. The third-order valence-electron chi connectivity index (χ3n) is 5.94. The van der Waals surface area contributed by atoms with E-state index in [-0.39, 0.29) is 23.6 Å². The van der Waals surface area contributed by atoms with E-state index in [0.29, 0.717) is 12.8 Å². The number of rotatable bonds is 7. The van der Waals surface area contributed by atoms with E-state index in [2.05, 4.69) is 21.8 Å². The number of nitrogens with two attached hydrogens (primary N) is 1. The number of halogens is 1. The van der Waals surface area contributed by atoms with Crippen molar-refractivity contribution >= 4 is 11.7 Å². The molecule has 0 bridgehead atoms. The molecule has 1 aliphatic rings. The van der Waals surface area contributed by atoms with E-state index in [1.165, 1.54) is 12.1 Å². The van der Waals surface area contributed by atoms with Gasteiger partial charge in [-0.1, -0.05) is 19.1 Å². The number of hydrogen-bond acceptors (Lipinski definition) is 6. The van der Waals surface area contributed by atoms with Crippen LogP contribution >= 0.6 is 0 Å². The molecule has 0 spiro atoms. The van der Waals surface area contributed by atoms with Crippen LogP contribution in [0.15, 0.2) is 48.9 Å². The van der Waals surface area contributed by atoms with E-state index in [1.807, 2.05) is 6.07 Å². The van der Waals surface area contributed by atoms with Gasteiger partial charge in [-0.05, 0) is 36.5 Å². The SMILES string of the molecule is C[C@H](Cc1nc(Cc2cnccn2)cc(N2CCC(C(N)=O)CC2)n1)c1ccc(F)cc1. The van der Waals surface area contributed by atoms with E-state index in [1.54, 1.807) is 30.7 Å². The minimum atomic E-state index is -0.246. The third-order valence-corrected chi connectivity index (χ3v) is 5.94. The van der Waals surface area contributed by atoms with E-state index in [9.17, 15) is 9.18 Å². The summed E-state index contributed by atoms with van der Waals surface area (Å²) in [6.07, 6.45) is 7.68. The van der Waals surface area contributed by atoms with Gasteiger partial charge in [0.2, 0.25) is 5.91 Å². The maximum atomic E-state index is 13.3. The van der Waals surface area contributed by atoms with Crippen LogP contribution in [0.4, 0.5) is 10.2 Å². The highest BCUT2D eigenvalue weighted by Gasteiger charge is 2.24. The Kier molecular flexibility index (Phi) is 6.68. The summed E-state index contributed by atoms with van der Waals surface area (Å²) in [5.41, 5.74) is 8.23. The normalized spacial score (nSPS) is 15.5. The number of amides is 1. The first-order chi connectivity index (χ1) is 15.5. The number of primary amides is 1. The molecule has 1 saturated heterocycles. The zero-order valence-corrected chi connectivity index (χ0v) is 18.1. The summed E-state index contributed by atoms with van der Waals surface area (Å²) >= 11 is 0. The van der Waals surface area contributed by atoms with E-state index >= 15 is 0 Å². The van der Waals surface area contributed by atoms with Gasteiger partial charge in [0.1, 0.15) is 17.5 Å². The van der Waals surface area contributed by atoms with Crippen molar-refractivity contribution in [1.29, 1.82) is 0 Å². The largest absolute Gasteiger partial charge is 0.369 e. The second-order valence-electron chi connectivity index (χ2n) is 8.33. The molecule has 32 heavy (non-hydrogen) atoms. The van der Waals surface area contributed by atoms with E-state index < -0.39 is 0 Å². The molecule has 0 radical (unpaired) electrons. The van der Waals surface area contributed by atoms with Crippen molar-refractivity contribution in [3.8, 4) is 0 Å². The van der Waals surface area contributed by atoms with E-state index in [0.717, 1.165) is 54.5 Å². The van der Waals surface area contributed by atoms with Gasteiger partial charge in [0.05, 0.1) is 11.4 Å². The van der Waals surface area contributed by atoms with E-state index in [4.69, 9.17) is 15.7 Å². The molecule has 0 unspecified atom stereocenters. The van der Waals surface area contributed by atoms with Crippen LogP contribution in [0.25, 0.3) is 0 Å². The van der Waals surface area contributed by atoms with Crippen molar-refractivity contribution in [3.05, 3.63) is 77.5 Å². The Morgan fingerprint density at radius 2 is 1.91 bits per heavy atom. The molecule has 7 nitrogen and oxygen atoms in total. The number of piperidine rings is 1. The fourth-order valence-corrected chi connectivity index (χ4v) is 4.06. The second kappa shape index (κ2) is 9.80. The molecule has 3 heterocycles. The Morgan fingerprint density at radius 3 is 2.56 bits per heavy atom. The van der Waals surface area contributed by atoms with Gasteiger partial charge in [-0.15, -0.1) is 0 Å². The number of aromatic nitrogens is 4. The summed E-state index contributed by atoms with van der Waals surface area (Å²) in [7, 11) is 0. The highest BCUT2D eigenvalue weighted by molar-refractivity contribution is 5.77. The summed E-state index contributed by atoms with van der Waals surface area (Å²) in [6.45, 7) is 3.54. The van der Waals surface area contributed by atoms with Crippen molar-refractivity contribution in [3.63, 3.8) is 0 Å². The van der Waals surface area contributed by atoms with Crippen molar-refractivity contribution < 1.29 is 9.18 Å². The van der Waals surface area contributed by atoms with Gasteiger partial charge < -0.3 is 10.6 Å². The van der Waals surface area contributed by atoms with Gasteiger partial charge >= 0.3 is 0 Å². The summed E-state index contributed by atoms with van der Waals surface area (Å²) in [5, 5.41) is 0. The molecule has 1 aromatic carbocycles. The first-order valence-corrected chi connectivity index (χ1v) is 10.9. The first kappa shape index (κ1) is 21.8. The van der Waals surface area contributed by atoms with Crippen LogP contribution in [-0.4, -0.2) is 38.9 Å². The topological polar surface area (TPSA) is 97.9 Å². The smallest absolute Gasteiger partial charge is 0.220 e. The molecular weight excluding hydrogens is 407 g/mol. The fraction of sp³-hybridized carbons (Fsp3) is 0.375. The van der Waals surface area contributed by atoms with Crippen molar-refractivity contribution in [1.82, 2.24) is 19.9 Å². The van der Waals surface area contributed by atoms with Crippen LogP contribution < -0.4 is 10.6 Å². The zero-order chi connectivity index (χ0) is 22.5. The molecule has 4 rings (SSSR count). The average Bonchev–Trinajstić information content (AvgIpc) is 2.80. The molecule has 1 atom stereocenters. The Bertz CT molecular complexity index is 1050. The Morgan fingerprint density at radius 1 is 1.16 bits per heavy atom. The lowest BCUT2D eigenvalue weighted by Gasteiger charge is -2.31. The van der Waals surface area contributed by atoms with Crippen molar-refractivity contribution in [2.75, 3.05) is 18.0 Å². The molecule has 1 aliphatic heterocycles. The Hall–Kier alpha value is -3.42. The molecule has 2 N–H and O–H groups in total. The molecule has 8 heteroatoms.